The van der Waals surface area contributed by atoms with E-state index in [4.69, 9.17) is 14.9 Å². The van der Waals surface area contributed by atoms with Crippen LogP contribution in [0.5, 0.6) is 0 Å². The van der Waals surface area contributed by atoms with Crippen LogP contribution >= 0.6 is 23.8 Å². The van der Waals surface area contributed by atoms with Gasteiger partial charge in [0.25, 0.3) is 0 Å². The Balaban J connectivity index is 2.74. The van der Waals surface area contributed by atoms with Crippen LogP contribution in [0, 0.1) is 11.8 Å². The SMILES string of the molecule is [2H]C1CCC(OP(=O)(OCC(C)C)OCC(C)C)=C1Br. The van der Waals surface area contributed by atoms with Crippen LogP contribution in [-0.2, 0) is 18.1 Å². The molecular formula is C13H24BrO4P. The maximum atomic E-state index is 12.6. The molecule has 1 unspecified atom stereocenters. The maximum absolute atomic E-state index is 12.6. The Hall–Kier alpha value is 0.170. The van der Waals surface area contributed by atoms with Crippen LogP contribution in [0.3, 0.4) is 0 Å². The molecule has 0 saturated carbocycles. The molecule has 1 rings (SSSR count). The van der Waals surface area contributed by atoms with Crippen LogP contribution in [0.1, 0.15) is 48.3 Å². The van der Waals surface area contributed by atoms with Crippen molar-refractivity contribution < 1.29 is 19.5 Å². The molecular weight excluding hydrogens is 331 g/mol. The highest BCUT2D eigenvalue weighted by atomic mass is 79.9. The van der Waals surface area contributed by atoms with Crippen LogP contribution < -0.4 is 0 Å². The standard InChI is InChI=1S/C13H24BrO4P/c1-10(2)8-16-19(15,17-9-11(3)4)18-13-7-5-6-12(13)14/h10-11H,5-9H2,1-4H3/i6D. The van der Waals surface area contributed by atoms with Crippen molar-refractivity contribution in [3.05, 3.63) is 10.2 Å². The van der Waals surface area contributed by atoms with Gasteiger partial charge in [-0.3, -0.25) is 9.05 Å². The molecule has 0 aliphatic heterocycles. The first-order valence-electron chi connectivity index (χ1n) is 7.20. The van der Waals surface area contributed by atoms with Gasteiger partial charge in [0.15, 0.2) is 0 Å². The van der Waals surface area contributed by atoms with Gasteiger partial charge in [-0.2, -0.15) is 0 Å². The van der Waals surface area contributed by atoms with E-state index >= 15 is 0 Å². The van der Waals surface area contributed by atoms with E-state index in [9.17, 15) is 4.57 Å². The zero-order chi connectivity index (χ0) is 15.3. The van der Waals surface area contributed by atoms with Crippen LogP contribution in [0.2, 0.25) is 0 Å². The Kier molecular flexibility index (Phi) is 6.40. The molecule has 1 aliphatic carbocycles. The molecule has 6 heteroatoms. The van der Waals surface area contributed by atoms with Gasteiger partial charge >= 0.3 is 7.82 Å². The van der Waals surface area contributed by atoms with Gasteiger partial charge in [-0.1, -0.05) is 43.6 Å². The molecule has 0 aromatic rings. The number of rotatable bonds is 8. The summed E-state index contributed by atoms with van der Waals surface area (Å²) in [6.07, 6.45) is 0.882. The molecule has 0 amide bonds. The van der Waals surface area contributed by atoms with Gasteiger partial charge in [-0.25, -0.2) is 4.57 Å². The van der Waals surface area contributed by atoms with E-state index in [2.05, 4.69) is 15.9 Å². The van der Waals surface area contributed by atoms with Crippen LogP contribution in [0.15, 0.2) is 10.2 Å². The average Bonchev–Trinajstić information content (AvgIpc) is 2.66. The highest BCUT2D eigenvalue weighted by Gasteiger charge is 2.32. The Morgan fingerprint density at radius 3 is 2.16 bits per heavy atom. The minimum absolute atomic E-state index is 0.236. The zero-order valence-electron chi connectivity index (χ0n) is 13.0. The lowest BCUT2D eigenvalue weighted by Crippen LogP contribution is -2.08. The normalized spacial score (nSPS) is 21.4. The van der Waals surface area contributed by atoms with Crippen molar-refractivity contribution in [1.29, 1.82) is 0 Å². The van der Waals surface area contributed by atoms with Crippen molar-refractivity contribution in [2.24, 2.45) is 11.8 Å². The molecule has 0 bridgehead atoms. The summed E-state index contributed by atoms with van der Waals surface area (Å²) in [4.78, 5) is 0. The predicted molar refractivity (Wildman–Crippen MR) is 80.1 cm³/mol. The minimum Gasteiger partial charge on any atom is -0.408 e. The number of hydrogen-bond donors (Lipinski definition) is 0. The van der Waals surface area contributed by atoms with Crippen LogP contribution in [0.4, 0.5) is 0 Å². The molecule has 0 aromatic carbocycles. The summed E-state index contributed by atoms with van der Waals surface area (Å²) in [5.74, 6) is 0.986. The number of halogens is 1. The van der Waals surface area contributed by atoms with Gasteiger partial charge in [0.2, 0.25) is 0 Å². The number of hydrogen-bond acceptors (Lipinski definition) is 4. The summed E-state index contributed by atoms with van der Waals surface area (Å²) in [6.45, 7) is 8.50. The van der Waals surface area contributed by atoms with Crippen molar-refractivity contribution in [2.45, 2.75) is 46.9 Å². The summed E-state index contributed by atoms with van der Waals surface area (Å²) in [5.41, 5.74) is 0. The molecule has 1 atom stereocenters. The zero-order valence-corrected chi connectivity index (χ0v) is 14.5. The summed E-state index contributed by atoms with van der Waals surface area (Å²) in [7, 11) is -3.61. The first-order chi connectivity index (χ1) is 9.23. The van der Waals surface area contributed by atoms with Crippen molar-refractivity contribution >= 4 is 23.8 Å². The van der Waals surface area contributed by atoms with E-state index in [0.29, 0.717) is 36.3 Å². The van der Waals surface area contributed by atoms with Gasteiger partial charge in [-0.15, -0.1) is 0 Å². The maximum Gasteiger partial charge on any atom is 0.529 e. The first-order valence-corrected chi connectivity index (χ1v) is 8.88. The molecule has 112 valence electrons. The lowest BCUT2D eigenvalue weighted by atomic mass is 10.2. The lowest BCUT2D eigenvalue weighted by molar-refractivity contribution is 0.113. The fourth-order valence-electron chi connectivity index (χ4n) is 1.36. The molecule has 4 nitrogen and oxygen atoms in total. The van der Waals surface area contributed by atoms with Crippen molar-refractivity contribution in [3.8, 4) is 0 Å². The lowest BCUT2D eigenvalue weighted by Gasteiger charge is -2.21. The average molecular weight is 356 g/mol. The summed E-state index contributed by atoms with van der Waals surface area (Å²) in [5, 5.41) is 0. The fourth-order valence-corrected chi connectivity index (χ4v) is 3.59. The summed E-state index contributed by atoms with van der Waals surface area (Å²) >= 11 is 3.32. The largest absolute Gasteiger partial charge is 0.529 e. The molecule has 0 spiro atoms. The monoisotopic (exact) mass is 355 g/mol. The van der Waals surface area contributed by atoms with E-state index in [1.54, 1.807) is 0 Å². The van der Waals surface area contributed by atoms with Gasteiger partial charge in [0.05, 0.1) is 13.2 Å². The van der Waals surface area contributed by atoms with E-state index in [-0.39, 0.29) is 18.2 Å². The highest BCUT2D eigenvalue weighted by molar-refractivity contribution is 9.11. The van der Waals surface area contributed by atoms with Crippen molar-refractivity contribution in [3.63, 3.8) is 0 Å². The summed E-state index contributed by atoms with van der Waals surface area (Å²) in [6, 6.07) is 0. The Morgan fingerprint density at radius 1 is 1.26 bits per heavy atom. The third kappa shape index (κ3) is 6.44. The second-order valence-electron chi connectivity index (χ2n) is 5.43. The second kappa shape index (κ2) is 7.82. The molecule has 1 aliphatic rings. The van der Waals surface area contributed by atoms with Gasteiger partial charge in [0, 0.05) is 12.3 Å². The quantitative estimate of drug-likeness (QED) is 0.558. The number of phosphoric acid groups is 1. The van der Waals surface area contributed by atoms with Crippen molar-refractivity contribution in [1.82, 2.24) is 0 Å². The smallest absolute Gasteiger partial charge is 0.408 e. The molecule has 0 radical (unpaired) electrons. The Morgan fingerprint density at radius 2 is 1.79 bits per heavy atom. The molecule has 19 heavy (non-hydrogen) atoms. The van der Waals surface area contributed by atoms with E-state index < -0.39 is 7.82 Å². The van der Waals surface area contributed by atoms with Crippen LogP contribution in [-0.4, -0.2) is 13.2 Å². The Labute approximate surface area is 126 Å². The fraction of sp³-hybridized carbons (Fsp3) is 0.846. The van der Waals surface area contributed by atoms with Crippen LogP contribution in [0.25, 0.3) is 0 Å². The molecule has 0 saturated heterocycles. The first kappa shape index (κ1) is 15.6. The molecule has 0 aromatic heterocycles. The van der Waals surface area contributed by atoms with Crippen molar-refractivity contribution in [2.75, 3.05) is 13.2 Å². The van der Waals surface area contributed by atoms with Gasteiger partial charge < -0.3 is 4.52 Å². The highest BCUT2D eigenvalue weighted by Crippen LogP contribution is 2.54. The second-order valence-corrected chi connectivity index (χ2v) is 7.88. The van der Waals surface area contributed by atoms with Gasteiger partial charge in [-0.05, 0) is 24.7 Å². The Bertz CT molecular complexity index is 382. The van der Waals surface area contributed by atoms with Gasteiger partial charge in [0.1, 0.15) is 5.76 Å². The third-order valence-corrected chi connectivity index (χ3v) is 4.46. The minimum atomic E-state index is -3.61. The topological polar surface area (TPSA) is 44.8 Å². The molecule has 0 heterocycles. The third-order valence-electron chi connectivity index (χ3n) is 2.32. The van der Waals surface area contributed by atoms with E-state index in [1.807, 2.05) is 27.7 Å². The predicted octanol–water partition coefficient (Wildman–Crippen LogP) is 5.25. The van der Waals surface area contributed by atoms with E-state index in [1.165, 1.54) is 0 Å². The number of allylic oxidation sites excluding steroid dienone is 2. The number of phosphoric ester groups is 1. The molecule has 0 fully saturated rings. The summed E-state index contributed by atoms with van der Waals surface area (Å²) < 4.78 is 37.3. The molecule has 0 N–H and O–H groups in total. The van der Waals surface area contributed by atoms with E-state index in [0.717, 1.165) is 0 Å².